The second kappa shape index (κ2) is 12.6. The average Bonchev–Trinajstić information content (AvgIpc) is 3.72. The molecule has 6 rings (SSSR count). The molecule has 2 heterocycles. The van der Waals surface area contributed by atoms with Gasteiger partial charge in [-0.1, -0.05) is 34.5 Å². The van der Waals surface area contributed by atoms with Gasteiger partial charge in [-0.25, -0.2) is 34.7 Å². The third-order valence-electron chi connectivity index (χ3n) is 7.38. The van der Waals surface area contributed by atoms with Crippen LogP contribution in [0.3, 0.4) is 0 Å². The van der Waals surface area contributed by atoms with Crippen LogP contribution in [0.25, 0.3) is 22.9 Å². The maximum Gasteiger partial charge on any atom is 0.330 e. The van der Waals surface area contributed by atoms with Gasteiger partial charge in [0.15, 0.2) is 0 Å². The number of hydrogen-bond acceptors (Lipinski definition) is 12. The molecule has 0 atom stereocenters. The van der Waals surface area contributed by atoms with Crippen LogP contribution in [-0.4, -0.2) is 45.6 Å². The summed E-state index contributed by atoms with van der Waals surface area (Å²) in [6.45, 7) is 6.89. The molecular weight excluding hydrogens is 693 g/mol. The summed E-state index contributed by atoms with van der Waals surface area (Å²) in [5.74, 6) is -0.0515. The Morgan fingerprint density at radius 2 is 0.857 bits per heavy atom. The third kappa shape index (κ3) is 6.94. The molecule has 49 heavy (non-hydrogen) atoms. The van der Waals surface area contributed by atoms with Crippen LogP contribution < -0.4 is 9.44 Å². The predicted octanol–water partition coefficient (Wildman–Crippen LogP) is 5.45. The van der Waals surface area contributed by atoms with E-state index in [9.17, 15) is 25.3 Å². The molecule has 6 aromatic rings. The van der Waals surface area contributed by atoms with Crippen LogP contribution in [0.1, 0.15) is 22.3 Å². The first-order chi connectivity index (χ1) is 23.1. The zero-order chi connectivity index (χ0) is 35.1. The fourth-order valence-corrected chi connectivity index (χ4v) is 8.56. The molecule has 0 bridgehead atoms. The summed E-state index contributed by atoms with van der Waals surface area (Å²) in [4.78, 5) is 0.0989. The Bertz CT molecular complexity index is 2360. The van der Waals surface area contributed by atoms with Gasteiger partial charge in [0, 0.05) is 11.1 Å². The molecule has 2 aromatic heterocycles. The minimum Gasteiger partial charge on any atom is -0.403 e. The van der Waals surface area contributed by atoms with E-state index in [0.29, 0.717) is 22.3 Å². The van der Waals surface area contributed by atoms with Crippen molar-refractivity contribution in [2.75, 3.05) is 9.44 Å². The van der Waals surface area contributed by atoms with E-state index in [1.165, 1.54) is 60.7 Å². The highest BCUT2D eigenvalue weighted by Crippen LogP contribution is 2.29. The standard InChI is InChI=1S/C32H28N6O8S3/c1-19-5-7-21(3)27(17-19)48(41,42)37-31-35-33-29(45-31)23-9-13-25(14-10-23)47(39,40)26-15-11-24(12-16-26)30-34-36-32(46-30)38-49(43,44)28-18-20(2)6-8-22(28)4/h5-18H,1-4H3,(H,35,37)(H,36,38). The van der Waals surface area contributed by atoms with E-state index in [2.05, 4.69) is 29.8 Å². The molecule has 0 aliphatic heterocycles. The quantitative estimate of drug-likeness (QED) is 0.181. The van der Waals surface area contributed by atoms with E-state index in [0.717, 1.165) is 11.1 Å². The van der Waals surface area contributed by atoms with Gasteiger partial charge in [-0.05, 0) is 111 Å². The number of aromatic nitrogens is 4. The van der Waals surface area contributed by atoms with Crippen molar-refractivity contribution < 1.29 is 34.1 Å². The molecule has 14 nitrogen and oxygen atoms in total. The van der Waals surface area contributed by atoms with Gasteiger partial charge in [0.2, 0.25) is 21.6 Å². The first kappa shape index (κ1) is 33.5. The Hall–Kier alpha value is -5.39. The number of sulfonamides is 2. The molecule has 0 aliphatic carbocycles. The Balaban J connectivity index is 1.15. The maximum atomic E-state index is 13.4. The van der Waals surface area contributed by atoms with Crippen LogP contribution in [0, 0.1) is 27.7 Å². The molecule has 0 saturated carbocycles. The molecule has 0 radical (unpaired) electrons. The molecule has 0 saturated heterocycles. The molecule has 0 aliphatic rings. The highest BCUT2D eigenvalue weighted by molar-refractivity contribution is 7.93. The minimum absolute atomic E-state index is 0.0257. The van der Waals surface area contributed by atoms with E-state index >= 15 is 0 Å². The first-order valence-electron chi connectivity index (χ1n) is 14.5. The van der Waals surface area contributed by atoms with E-state index in [-0.39, 0.29) is 43.4 Å². The molecule has 0 amide bonds. The van der Waals surface area contributed by atoms with Crippen LogP contribution in [0.5, 0.6) is 0 Å². The van der Waals surface area contributed by atoms with Gasteiger partial charge in [0.05, 0.1) is 19.6 Å². The lowest BCUT2D eigenvalue weighted by atomic mass is 10.2. The summed E-state index contributed by atoms with van der Waals surface area (Å²) < 4.78 is 93.9. The predicted molar refractivity (Wildman–Crippen MR) is 178 cm³/mol. The summed E-state index contributed by atoms with van der Waals surface area (Å²) >= 11 is 0. The lowest BCUT2D eigenvalue weighted by Gasteiger charge is -2.08. The molecule has 2 N–H and O–H groups in total. The summed E-state index contributed by atoms with van der Waals surface area (Å²) in [5.41, 5.74) is 3.34. The first-order valence-corrected chi connectivity index (χ1v) is 18.9. The van der Waals surface area contributed by atoms with Crippen LogP contribution in [-0.2, 0) is 29.9 Å². The van der Waals surface area contributed by atoms with Crippen molar-refractivity contribution >= 4 is 41.9 Å². The molecule has 0 unspecified atom stereocenters. The van der Waals surface area contributed by atoms with Gasteiger partial charge in [-0.2, -0.15) is 0 Å². The summed E-state index contributed by atoms with van der Waals surface area (Å²) in [6, 6.07) is 20.6. The second-order valence-electron chi connectivity index (χ2n) is 11.1. The highest BCUT2D eigenvalue weighted by Gasteiger charge is 2.24. The number of aryl methyl sites for hydroxylation is 4. The van der Waals surface area contributed by atoms with Crippen LogP contribution in [0.4, 0.5) is 12.0 Å². The summed E-state index contributed by atoms with van der Waals surface area (Å²) in [7, 11) is -12.0. The molecule has 17 heteroatoms. The maximum absolute atomic E-state index is 13.4. The molecule has 0 fully saturated rings. The Kier molecular flexibility index (Phi) is 8.60. The Morgan fingerprint density at radius 1 is 0.490 bits per heavy atom. The van der Waals surface area contributed by atoms with E-state index in [1.54, 1.807) is 52.0 Å². The van der Waals surface area contributed by atoms with Crippen molar-refractivity contribution in [3.05, 3.63) is 107 Å². The Labute approximate surface area is 282 Å². The van der Waals surface area contributed by atoms with Crippen LogP contribution in [0.15, 0.2) is 113 Å². The van der Waals surface area contributed by atoms with Gasteiger partial charge in [0.1, 0.15) is 0 Å². The molecule has 252 valence electrons. The number of nitrogens with one attached hydrogen (secondary N) is 2. The van der Waals surface area contributed by atoms with E-state index < -0.39 is 29.9 Å². The molecule has 0 spiro atoms. The zero-order valence-electron chi connectivity index (χ0n) is 26.4. The number of rotatable bonds is 10. The average molecular weight is 721 g/mol. The molecule has 4 aromatic carbocycles. The van der Waals surface area contributed by atoms with Crippen molar-refractivity contribution in [3.63, 3.8) is 0 Å². The van der Waals surface area contributed by atoms with Crippen molar-refractivity contribution in [1.82, 2.24) is 20.4 Å². The SMILES string of the molecule is Cc1ccc(C)c(S(=O)(=O)Nc2nnc(-c3ccc(S(=O)(=O)c4ccc(-c5nnc(NS(=O)(=O)c6cc(C)ccc6C)o5)cc4)cc3)o2)c1. The lowest BCUT2D eigenvalue weighted by Crippen LogP contribution is -2.14. The number of hydrogen-bond donors (Lipinski definition) is 2. The van der Waals surface area contributed by atoms with Crippen LogP contribution >= 0.6 is 0 Å². The zero-order valence-corrected chi connectivity index (χ0v) is 28.8. The minimum atomic E-state index is -4.00. The summed E-state index contributed by atoms with van der Waals surface area (Å²) in [6.07, 6.45) is 0. The monoisotopic (exact) mass is 720 g/mol. The van der Waals surface area contributed by atoms with Gasteiger partial charge in [0.25, 0.3) is 20.0 Å². The Morgan fingerprint density at radius 3 is 1.22 bits per heavy atom. The fraction of sp³-hybridized carbons (Fsp3) is 0.125. The number of anilines is 2. The molecular formula is C32H28N6O8S3. The lowest BCUT2D eigenvalue weighted by molar-refractivity contribution is 0.575. The normalized spacial score (nSPS) is 12.2. The van der Waals surface area contributed by atoms with Crippen molar-refractivity contribution in [1.29, 1.82) is 0 Å². The smallest absolute Gasteiger partial charge is 0.330 e. The van der Waals surface area contributed by atoms with E-state index in [1.807, 2.05) is 0 Å². The van der Waals surface area contributed by atoms with Gasteiger partial charge in [-0.15, -0.1) is 10.2 Å². The number of nitrogens with zero attached hydrogens (tertiary/aromatic N) is 4. The van der Waals surface area contributed by atoms with Crippen molar-refractivity contribution in [2.24, 2.45) is 0 Å². The second-order valence-corrected chi connectivity index (χ2v) is 16.4. The fourth-order valence-electron chi connectivity index (χ4n) is 4.79. The van der Waals surface area contributed by atoms with Crippen molar-refractivity contribution in [3.8, 4) is 22.9 Å². The summed E-state index contributed by atoms with van der Waals surface area (Å²) in [5, 5.41) is 15.3. The van der Waals surface area contributed by atoms with Gasteiger partial charge in [-0.3, -0.25) is 0 Å². The highest BCUT2D eigenvalue weighted by atomic mass is 32.2. The van der Waals surface area contributed by atoms with Crippen LogP contribution in [0.2, 0.25) is 0 Å². The van der Waals surface area contributed by atoms with Crippen molar-refractivity contribution in [2.45, 2.75) is 47.3 Å². The topological polar surface area (TPSA) is 204 Å². The number of benzene rings is 4. The van der Waals surface area contributed by atoms with Gasteiger partial charge >= 0.3 is 12.0 Å². The van der Waals surface area contributed by atoms with Gasteiger partial charge < -0.3 is 8.83 Å². The third-order valence-corrected chi connectivity index (χ3v) is 12.1. The number of sulfone groups is 1. The largest absolute Gasteiger partial charge is 0.403 e. The van der Waals surface area contributed by atoms with E-state index in [4.69, 9.17) is 8.83 Å².